The van der Waals surface area contributed by atoms with Gasteiger partial charge in [-0.1, -0.05) is 81.4 Å². The Morgan fingerprint density at radius 1 is 0.462 bits per heavy atom. The zero-order chi connectivity index (χ0) is 85.7. The van der Waals surface area contributed by atoms with Crippen LogP contribution in [-0.2, 0) is 79.5 Å². The highest BCUT2D eigenvalue weighted by atomic mass is 16.8. The zero-order valence-electron chi connectivity index (χ0n) is 68.3. The number of nitrogens with two attached hydrogens (primary N) is 4. The van der Waals surface area contributed by atoms with E-state index >= 15 is 0 Å². The average Bonchev–Trinajstić information content (AvgIpc) is 1.66. The van der Waals surface area contributed by atoms with E-state index in [2.05, 4.69) is 38.8 Å². The Kier molecular flexibility index (Phi) is 31.6. The molecule has 20 unspecified atom stereocenters. The summed E-state index contributed by atoms with van der Waals surface area (Å²) in [5.41, 5.74) is 25.3. The molecule has 0 spiro atoms. The molecule has 2 aromatic rings. The highest BCUT2D eigenvalue weighted by Crippen LogP contribution is 2.44. The number of hydrogen-bond acceptors (Lipinski definition) is 36. The van der Waals surface area contributed by atoms with Gasteiger partial charge in [0.2, 0.25) is 0 Å². The molecule has 2 aromatic carbocycles. The van der Waals surface area contributed by atoms with E-state index in [1.807, 2.05) is 19.1 Å². The van der Waals surface area contributed by atoms with Crippen molar-refractivity contribution < 1.29 is 142 Å². The first-order chi connectivity index (χ1) is 56.6. The Labute approximate surface area is 690 Å². The van der Waals surface area contributed by atoms with Crippen LogP contribution >= 0.6 is 0 Å². The molecule has 13 rings (SSSR count). The zero-order valence-corrected chi connectivity index (χ0v) is 68.3. The third-order valence-electron chi connectivity index (χ3n) is 25.1. The van der Waals surface area contributed by atoms with Crippen LogP contribution in [0, 0.1) is 17.8 Å². The van der Waals surface area contributed by atoms with Crippen LogP contribution in [0.15, 0.2) is 60.7 Å². The number of rotatable bonds is 22. The summed E-state index contributed by atoms with van der Waals surface area (Å²) in [5, 5.41) is 139. The summed E-state index contributed by atoms with van der Waals surface area (Å²) in [6, 6.07) is 9.98. The standard InChI is InChI=1S/C51H73N5O18.C28H54N6O11/c1-25-19-29(17-18-30(25)53-49(64)74-51(3,4)5)52-35-34(22-57)69-46(40(61)38(35)59)73-45-36-43(72-50(65)56(36)6)42-33(68-45)20-26(2)44(71-42)70-41-32(55-48(63)67-24-28-15-11-8-12-16-28)21-31(37(58)39(41)60)54-47(62)66-23-27-13-9-7-10-14-27;1-9-5-10(3-4-11(9)29)34-17-16(8-35)42-28(23(40)20(17)37)45-27-18(33-2)21(38)25-15(41-27)7-14(32)26(44-25)43-24-13(31)6-12(30)19(36)22(24)39/h7-16,25-26,29-46,52,57-61H,17-24H2,1-6H3,(H,53,64)(H,54,62)(H,55,63);9-28,33-40H,3-8,29-32H2,1-2H3/t25?,26?,29-,30-,31-,32?,33+,34?,35-,36?,37?,38+,39-,40?,41-,42?,43?,44+,45?,46-;9?,10-,11-,12-,13?,14?,15+,16?,17-,18?,19?,20+,21?,22-,23?,24-,25?,26+,27?,28-/m11/s1. The largest absolute Gasteiger partial charge is 0.445 e. The Morgan fingerprint density at radius 2 is 0.983 bits per heavy atom. The molecular formula is C79H127N11O29. The van der Waals surface area contributed by atoms with Crippen molar-refractivity contribution in [1.29, 1.82) is 0 Å². The molecule has 7 saturated heterocycles. The molecule has 11 aliphatic rings. The summed E-state index contributed by atoms with van der Waals surface area (Å²) in [4.78, 5) is 53.3. The molecule has 0 bridgehead atoms. The van der Waals surface area contributed by atoms with Crippen molar-refractivity contribution >= 4 is 24.4 Å². The Balaban J connectivity index is 0.000000246. The molecule has 672 valence electrons. The lowest BCUT2D eigenvalue weighted by atomic mass is 9.81. The molecule has 40 atom stereocenters. The second-order valence-electron chi connectivity index (χ2n) is 34.9. The second-order valence-corrected chi connectivity index (χ2v) is 34.9. The minimum atomic E-state index is -1.69. The minimum absolute atomic E-state index is 0.0345. The number of carbonyl (C=O) groups is 4. The molecule has 4 amide bonds. The molecule has 40 nitrogen and oxygen atoms in total. The molecule has 11 fully saturated rings. The highest BCUT2D eigenvalue weighted by Gasteiger charge is 2.62. The first-order valence-corrected chi connectivity index (χ1v) is 41.6. The molecule has 25 N–H and O–H groups in total. The molecule has 4 saturated carbocycles. The maximum Gasteiger partial charge on any atom is 0.410 e. The van der Waals surface area contributed by atoms with Crippen LogP contribution in [-0.4, -0.2) is 345 Å². The van der Waals surface area contributed by atoms with Crippen molar-refractivity contribution in [3.8, 4) is 0 Å². The van der Waals surface area contributed by atoms with Gasteiger partial charge in [-0.25, -0.2) is 19.2 Å². The Bertz CT molecular complexity index is 3560. The Morgan fingerprint density at radius 3 is 1.55 bits per heavy atom. The minimum Gasteiger partial charge on any atom is -0.445 e. The van der Waals surface area contributed by atoms with Crippen LogP contribution in [0.25, 0.3) is 0 Å². The molecule has 0 radical (unpaired) electrons. The number of benzene rings is 2. The smallest absolute Gasteiger partial charge is 0.410 e. The van der Waals surface area contributed by atoms with Gasteiger partial charge in [0.15, 0.2) is 43.8 Å². The monoisotopic (exact) mass is 1690 g/mol. The van der Waals surface area contributed by atoms with Gasteiger partial charge in [0.1, 0.15) is 110 Å². The molecule has 7 aliphatic heterocycles. The first-order valence-electron chi connectivity index (χ1n) is 41.6. The lowest BCUT2D eigenvalue weighted by molar-refractivity contribution is -0.376. The number of alkyl carbamates (subject to hydrolysis) is 3. The number of aliphatic hydroxyl groups is 11. The summed E-state index contributed by atoms with van der Waals surface area (Å²) in [7, 11) is 3.06. The predicted molar refractivity (Wildman–Crippen MR) is 414 cm³/mol. The summed E-state index contributed by atoms with van der Waals surface area (Å²) >= 11 is 0. The van der Waals surface area contributed by atoms with Crippen LogP contribution in [0.1, 0.15) is 117 Å². The van der Waals surface area contributed by atoms with Gasteiger partial charge in [-0.15, -0.1) is 0 Å². The summed E-state index contributed by atoms with van der Waals surface area (Å²) in [6.45, 7) is 10.2. The van der Waals surface area contributed by atoms with Gasteiger partial charge in [-0.2, -0.15) is 0 Å². The van der Waals surface area contributed by atoms with Crippen molar-refractivity contribution in [2.75, 3.05) is 27.3 Å². The van der Waals surface area contributed by atoms with Crippen molar-refractivity contribution in [3.05, 3.63) is 71.8 Å². The van der Waals surface area contributed by atoms with E-state index in [4.69, 9.17) is 89.3 Å². The molecule has 40 heteroatoms. The van der Waals surface area contributed by atoms with E-state index in [1.54, 1.807) is 83.3 Å². The number of likely N-dealkylation sites (N-methyl/N-ethyl adjacent to an activating group) is 2. The van der Waals surface area contributed by atoms with Gasteiger partial charge in [-0.05, 0) is 115 Å². The molecule has 4 aliphatic carbocycles. The van der Waals surface area contributed by atoms with E-state index < -0.39 is 251 Å². The average molecular weight is 1690 g/mol. The van der Waals surface area contributed by atoms with E-state index in [-0.39, 0.29) is 74.9 Å². The number of nitrogens with one attached hydrogen (secondary N) is 6. The van der Waals surface area contributed by atoms with Crippen LogP contribution < -0.4 is 54.8 Å². The third-order valence-corrected chi connectivity index (χ3v) is 25.1. The predicted octanol–water partition coefficient (Wildman–Crippen LogP) is -3.92. The molecule has 119 heavy (non-hydrogen) atoms. The number of carbonyl (C=O) groups excluding carboxylic acids is 4. The number of nitrogens with zero attached hydrogens (tertiary/aromatic N) is 1. The fourth-order valence-corrected chi connectivity index (χ4v) is 18.3. The Hall–Kier alpha value is -5.60. The van der Waals surface area contributed by atoms with E-state index in [1.165, 1.54) is 11.9 Å². The number of aliphatic hydroxyl groups excluding tert-OH is 11. The van der Waals surface area contributed by atoms with Gasteiger partial charge < -0.3 is 177 Å². The van der Waals surface area contributed by atoms with Gasteiger partial charge in [0, 0.05) is 49.2 Å². The van der Waals surface area contributed by atoms with Crippen LogP contribution in [0.2, 0.25) is 0 Å². The van der Waals surface area contributed by atoms with E-state index in [9.17, 15) is 75.3 Å². The van der Waals surface area contributed by atoms with Crippen molar-refractivity contribution in [3.63, 3.8) is 0 Å². The number of amides is 4. The number of hydrogen-bond donors (Lipinski definition) is 21. The third kappa shape index (κ3) is 22.0. The normalized spacial score (nSPS) is 44.3. The van der Waals surface area contributed by atoms with Crippen LogP contribution in [0.4, 0.5) is 19.2 Å². The van der Waals surface area contributed by atoms with Gasteiger partial charge >= 0.3 is 24.4 Å². The quantitative estimate of drug-likeness (QED) is 0.0501. The molecule has 7 heterocycles. The van der Waals surface area contributed by atoms with Gasteiger partial charge in [0.05, 0.1) is 67.8 Å². The fraction of sp³-hybridized carbons (Fsp3) is 0.797. The lowest BCUT2D eigenvalue weighted by Crippen LogP contribution is -2.70. The van der Waals surface area contributed by atoms with E-state index in [0.717, 1.165) is 30.4 Å². The summed E-state index contributed by atoms with van der Waals surface area (Å²) < 4.78 is 84.3. The van der Waals surface area contributed by atoms with Crippen molar-refractivity contribution in [2.24, 2.45) is 40.7 Å². The van der Waals surface area contributed by atoms with Crippen molar-refractivity contribution in [1.82, 2.24) is 36.8 Å². The maximum absolute atomic E-state index is 13.3. The van der Waals surface area contributed by atoms with Crippen LogP contribution in [0.5, 0.6) is 0 Å². The topological polar surface area (TPSA) is 600 Å². The maximum atomic E-state index is 13.3. The van der Waals surface area contributed by atoms with Gasteiger partial charge in [-0.3, -0.25) is 4.90 Å². The molecular weight excluding hydrogens is 1570 g/mol. The number of fused-ring (bicyclic) bond motifs is 4. The fourth-order valence-electron chi connectivity index (χ4n) is 18.3. The summed E-state index contributed by atoms with van der Waals surface area (Å²) in [6.07, 6.45) is -27.6. The van der Waals surface area contributed by atoms with Gasteiger partial charge in [0.25, 0.3) is 0 Å². The van der Waals surface area contributed by atoms with Crippen molar-refractivity contribution in [2.45, 2.75) is 351 Å². The number of ether oxygens (including phenoxy) is 14. The van der Waals surface area contributed by atoms with Crippen LogP contribution in [0.3, 0.4) is 0 Å². The lowest BCUT2D eigenvalue weighted by Gasteiger charge is -2.51. The first kappa shape index (κ1) is 92.6. The van der Waals surface area contributed by atoms with E-state index in [0.29, 0.717) is 19.3 Å². The second kappa shape index (κ2) is 40.6. The molecule has 0 aromatic heterocycles. The summed E-state index contributed by atoms with van der Waals surface area (Å²) in [5.74, 6) is -0.185. The highest BCUT2D eigenvalue weighted by molar-refractivity contribution is 5.71. The SMILES string of the molecule is CC1C[C@@H]2OC(O[C@H]3OC(CO)[C@@H](N[C@@H]4CC[C@@H](NC(=O)OC(C)(C)C)C(C)C4)[C@H](O)C3O)C3C(OC(=O)N3C)C2O[C@@H]1O[C@@H]1C(NC(=O)OCc2ccccc2)C[C@@H](NC(=O)OCc2ccccc2)C(O)[C@H]1O.CNC1C(O[C@H]2OC(CO)[C@@H](N[C@@H]3CC[C@@H](N)C(C)C3)[C@H](O)C2O)O[C@H]2CC(N)[C@@H](O[C@@H]3C(N)C[C@@H](N)C(O)[C@H]3O)OC2C1O.